The van der Waals surface area contributed by atoms with E-state index < -0.39 is 43.0 Å². The van der Waals surface area contributed by atoms with Gasteiger partial charge in [0, 0.05) is 19.2 Å². The number of likely N-dealkylation sites (tertiary alicyclic amines) is 1. The molecule has 1 aliphatic rings. The molecular weight excluding hydrogens is 357 g/mol. The molecule has 140 valence electrons. The largest absolute Gasteiger partial charge is 0.493 e. The van der Waals surface area contributed by atoms with E-state index in [1.807, 2.05) is 6.07 Å². The van der Waals surface area contributed by atoms with Crippen LogP contribution in [0.3, 0.4) is 0 Å². The summed E-state index contributed by atoms with van der Waals surface area (Å²) < 4.78 is 49.7. The van der Waals surface area contributed by atoms with Crippen LogP contribution in [0.15, 0.2) is 18.2 Å². The number of benzene rings is 1. The summed E-state index contributed by atoms with van der Waals surface area (Å²) in [5, 5.41) is 17.8. The fraction of sp³-hybridized carbons (Fsp3) is 0.438. The molecule has 1 unspecified atom stereocenters. The second-order valence-corrected chi connectivity index (χ2v) is 5.72. The highest BCUT2D eigenvalue weighted by Crippen LogP contribution is 2.45. The highest BCUT2D eigenvalue weighted by atomic mass is 19.4. The van der Waals surface area contributed by atoms with Crippen LogP contribution in [0.1, 0.15) is 12.0 Å². The summed E-state index contributed by atoms with van der Waals surface area (Å²) in [5.74, 6) is -2.45. The molecule has 1 fully saturated rings. The van der Waals surface area contributed by atoms with Gasteiger partial charge in [-0.3, -0.25) is 9.59 Å². The molecule has 1 N–H and O–H groups in total. The number of carbonyl (C=O) groups is 2. The SMILES string of the molecule is COc1cc(C#N)ccc1OCC(=O)N1CCC(C(=O)O)(C(F)(F)F)C1. The molecule has 0 aromatic heterocycles. The molecule has 7 nitrogen and oxygen atoms in total. The Kier molecular flexibility index (Phi) is 5.30. The van der Waals surface area contributed by atoms with Gasteiger partial charge in [0.05, 0.1) is 18.7 Å². The molecule has 1 amide bonds. The van der Waals surface area contributed by atoms with Crippen molar-refractivity contribution < 1.29 is 37.3 Å². The molecule has 0 radical (unpaired) electrons. The average molecular weight is 372 g/mol. The lowest BCUT2D eigenvalue weighted by Gasteiger charge is -2.27. The maximum atomic E-state index is 13.1. The van der Waals surface area contributed by atoms with Gasteiger partial charge in [-0.1, -0.05) is 0 Å². The van der Waals surface area contributed by atoms with Gasteiger partial charge in [0.25, 0.3) is 5.91 Å². The van der Waals surface area contributed by atoms with Crippen molar-refractivity contribution in [1.29, 1.82) is 5.26 Å². The van der Waals surface area contributed by atoms with Crippen molar-refractivity contribution >= 4 is 11.9 Å². The molecule has 26 heavy (non-hydrogen) atoms. The van der Waals surface area contributed by atoms with E-state index in [0.717, 1.165) is 4.90 Å². The zero-order chi connectivity index (χ0) is 19.5. The third-order valence-electron chi connectivity index (χ3n) is 4.22. The van der Waals surface area contributed by atoms with Crippen LogP contribution in [0.2, 0.25) is 0 Å². The van der Waals surface area contributed by atoms with Crippen LogP contribution in [0.5, 0.6) is 11.5 Å². The number of carboxylic acids is 1. The summed E-state index contributed by atoms with van der Waals surface area (Å²) in [6, 6.07) is 6.11. The van der Waals surface area contributed by atoms with Gasteiger partial charge >= 0.3 is 12.1 Å². The fourth-order valence-corrected chi connectivity index (χ4v) is 2.64. The molecule has 0 bridgehead atoms. The average Bonchev–Trinajstić information content (AvgIpc) is 3.06. The van der Waals surface area contributed by atoms with Gasteiger partial charge in [0.1, 0.15) is 0 Å². The molecule has 1 aliphatic heterocycles. The Labute approximate surface area is 146 Å². The van der Waals surface area contributed by atoms with E-state index in [-0.39, 0.29) is 18.0 Å². The number of rotatable bonds is 5. The summed E-state index contributed by atoms with van der Waals surface area (Å²) in [6.07, 6.45) is -5.68. The number of aliphatic carboxylic acids is 1. The normalized spacial score (nSPS) is 19.7. The van der Waals surface area contributed by atoms with Crippen molar-refractivity contribution in [3.8, 4) is 17.6 Å². The maximum absolute atomic E-state index is 13.1. The van der Waals surface area contributed by atoms with Gasteiger partial charge in [0.15, 0.2) is 23.5 Å². The first-order chi connectivity index (χ1) is 12.1. The molecule has 0 spiro atoms. The first-order valence-electron chi connectivity index (χ1n) is 7.43. The molecule has 0 aliphatic carbocycles. The van der Waals surface area contributed by atoms with Crippen molar-refractivity contribution in [3.63, 3.8) is 0 Å². The predicted octanol–water partition coefficient (Wildman–Crippen LogP) is 1.81. The van der Waals surface area contributed by atoms with Gasteiger partial charge in [-0.05, 0) is 18.6 Å². The van der Waals surface area contributed by atoms with Crippen LogP contribution >= 0.6 is 0 Å². The number of nitrogens with zero attached hydrogens (tertiary/aromatic N) is 2. The summed E-state index contributed by atoms with van der Waals surface area (Å²) in [5.41, 5.74) is -2.66. The molecule has 1 aromatic rings. The van der Waals surface area contributed by atoms with Crippen molar-refractivity contribution in [2.75, 3.05) is 26.8 Å². The Morgan fingerprint density at radius 3 is 2.58 bits per heavy atom. The summed E-state index contributed by atoms with van der Waals surface area (Å²) in [6.45, 7) is -1.88. The van der Waals surface area contributed by atoms with Gasteiger partial charge in [-0.25, -0.2) is 0 Å². The van der Waals surface area contributed by atoms with Crippen LogP contribution in [-0.2, 0) is 9.59 Å². The zero-order valence-corrected chi connectivity index (χ0v) is 13.7. The Hall–Kier alpha value is -2.96. The number of alkyl halides is 3. The van der Waals surface area contributed by atoms with Crippen LogP contribution in [-0.4, -0.2) is 54.9 Å². The highest BCUT2D eigenvalue weighted by molar-refractivity contribution is 5.82. The third kappa shape index (κ3) is 3.51. The second kappa shape index (κ2) is 7.11. The number of carbonyl (C=O) groups excluding carboxylic acids is 1. The van der Waals surface area contributed by atoms with E-state index in [2.05, 4.69) is 0 Å². The number of ether oxygens (including phenoxy) is 2. The summed E-state index contributed by atoms with van der Waals surface area (Å²) in [7, 11) is 1.33. The first kappa shape index (κ1) is 19.4. The minimum Gasteiger partial charge on any atom is -0.493 e. The van der Waals surface area contributed by atoms with Crippen molar-refractivity contribution in [1.82, 2.24) is 4.90 Å². The minimum atomic E-state index is -4.97. The predicted molar refractivity (Wildman–Crippen MR) is 80.5 cm³/mol. The Balaban J connectivity index is 2.06. The van der Waals surface area contributed by atoms with Crippen molar-refractivity contribution in [2.24, 2.45) is 5.41 Å². The van der Waals surface area contributed by atoms with Gasteiger partial charge in [-0.2, -0.15) is 18.4 Å². The van der Waals surface area contributed by atoms with Crippen LogP contribution < -0.4 is 9.47 Å². The fourth-order valence-electron chi connectivity index (χ4n) is 2.64. The van der Waals surface area contributed by atoms with E-state index in [1.54, 1.807) is 0 Å². The molecule has 10 heteroatoms. The topological polar surface area (TPSA) is 99.9 Å². The van der Waals surface area contributed by atoms with Crippen molar-refractivity contribution in [3.05, 3.63) is 23.8 Å². The number of halogens is 3. The monoisotopic (exact) mass is 372 g/mol. The van der Waals surface area contributed by atoms with Crippen LogP contribution in [0.4, 0.5) is 13.2 Å². The number of hydrogen-bond acceptors (Lipinski definition) is 5. The molecule has 1 atom stereocenters. The molecular formula is C16H15F3N2O5. The Morgan fingerprint density at radius 2 is 2.08 bits per heavy atom. The second-order valence-electron chi connectivity index (χ2n) is 5.72. The van der Waals surface area contributed by atoms with E-state index in [1.165, 1.54) is 25.3 Å². The quantitative estimate of drug-likeness (QED) is 0.846. The van der Waals surface area contributed by atoms with Crippen LogP contribution in [0.25, 0.3) is 0 Å². The minimum absolute atomic E-state index is 0.138. The van der Waals surface area contributed by atoms with E-state index in [9.17, 15) is 22.8 Å². The summed E-state index contributed by atoms with van der Waals surface area (Å²) >= 11 is 0. The number of hydrogen-bond donors (Lipinski definition) is 1. The van der Waals surface area contributed by atoms with E-state index >= 15 is 0 Å². The number of amides is 1. The maximum Gasteiger partial charge on any atom is 0.406 e. The molecule has 1 aromatic carbocycles. The third-order valence-corrected chi connectivity index (χ3v) is 4.22. The lowest BCUT2D eigenvalue weighted by Crippen LogP contribution is -2.48. The van der Waals surface area contributed by atoms with Gasteiger partial charge in [-0.15, -0.1) is 0 Å². The lowest BCUT2D eigenvalue weighted by molar-refractivity contribution is -0.227. The first-order valence-corrected chi connectivity index (χ1v) is 7.43. The molecule has 1 heterocycles. The number of carboxylic acid groups (broad SMARTS) is 1. The van der Waals surface area contributed by atoms with E-state index in [4.69, 9.17) is 19.8 Å². The standard InChI is InChI=1S/C16H15F3N2O5/c1-25-12-6-10(7-20)2-3-11(12)26-8-13(22)21-5-4-15(9-21,14(23)24)16(17,18)19/h2-3,6H,4-5,8-9H2,1H3,(H,23,24). The highest BCUT2D eigenvalue weighted by Gasteiger charge is 2.64. The molecule has 0 saturated carbocycles. The smallest absolute Gasteiger partial charge is 0.406 e. The van der Waals surface area contributed by atoms with Crippen molar-refractivity contribution in [2.45, 2.75) is 12.6 Å². The molecule has 2 rings (SSSR count). The van der Waals surface area contributed by atoms with Gasteiger partial charge < -0.3 is 19.5 Å². The van der Waals surface area contributed by atoms with Gasteiger partial charge in [0.2, 0.25) is 0 Å². The van der Waals surface area contributed by atoms with Crippen LogP contribution in [0, 0.1) is 16.7 Å². The lowest BCUT2D eigenvalue weighted by atomic mass is 9.86. The van der Waals surface area contributed by atoms with E-state index in [0.29, 0.717) is 5.56 Å². The zero-order valence-electron chi connectivity index (χ0n) is 13.7. The Morgan fingerprint density at radius 1 is 1.38 bits per heavy atom. The Bertz CT molecular complexity index is 759. The number of methoxy groups -OCH3 is 1. The molecule has 1 saturated heterocycles. The number of nitriles is 1. The summed E-state index contributed by atoms with van der Waals surface area (Å²) in [4.78, 5) is 24.1.